The fourth-order valence-electron chi connectivity index (χ4n) is 3.66. The van der Waals surface area contributed by atoms with Gasteiger partial charge in [0.15, 0.2) is 0 Å². The lowest BCUT2D eigenvalue weighted by molar-refractivity contribution is -0.135. The summed E-state index contributed by atoms with van der Waals surface area (Å²) in [6, 6.07) is 14.3. The number of hydrogen-bond donors (Lipinski definition) is 0. The van der Waals surface area contributed by atoms with E-state index in [2.05, 4.69) is 10.0 Å². The van der Waals surface area contributed by atoms with Gasteiger partial charge in [0.1, 0.15) is 5.82 Å². The van der Waals surface area contributed by atoms with Crippen LogP contribution in [0.15, 0.2) is 53.6 Å². The van der Waals surface area contributed by atoms with Crippen molar-refractivity contribution >= 4 is 11.6 Å². The summed E-state index contributed by atoms with van der Waals surface area (Å²) in [6.07, 6.45) is 0.571. The zero-order valence-electron chi connectivity index (χ0n) is 16.0. The van der Waals surface area contributed by atoms with Crippen molar-refractivity contribution in [2.75, 3.05) is 32.8 Å². The first kappa shape index (κ1) is 18.8. The second-order valence-corrected chi connectivity index (χ2v) is 7.31. The number of amides is 1. The largest absolute Gasteiger partial charge is 0.379 e. The van der Waals surface area contributed by atoms with Gasteiger partial charge in [-0.2, -0.15) is 5.10 Å². The van der Waals surface area contributed by atoms with E-state index in [1.54, 1.807) is 11.1 Å². The molecule has 2 aromatic rings. The van der Waals surface area contributed by atoms with Crippen LogP contribution in [-0.2, 0) is 9.53 Å². The highest BCUT2D eigenvalue weighted by Crippen LogP contribution is 2.33. The number of rotatable bonds is 4. The minimum Gasteiger partial charge on any atom is -0.379 e. The Morgan fingerprint density at radius 1 is 1.18 bits per heavy atom. The molecule has 0 aromatic heterocycles. The molecule has 2 aliphatic heterocycles. The number of halogens is 1. The molecule has 1 atom stereocenters. The van der Waals surface area contributed by atoms with Crippen LogP contribution in [0.5, 0.6) is 0 Å². The van der Waals surface area contributed by atoms with Crippen LogP contribution in [0, 0.1) is 12.7 Å². The highest BCUT2D eigenvalue weighted by Gasteiger charge is 2.34. The number of hydrazone groups is 1. The summed E-state index contributed by atoms with van der Waals surface area (Å²) in [5, 5.41) is 6.20. The van der Waals surface area contributed by atoms with E-state index >= 15 is 0 Å². The summed E-state index contributed by atoms with van der Waals surface area (Å²) < 4.78 is 19.2. The SMILES string of the molecule is Cc1ccc(C2=NN(C(=O)CN3CCOCC3)[C@H](c3cccc(F)c3)C2)cc1. The maximum Gasteiger partial charge on any atom is 0.257 e. The van der Waals surface area contributed by atoms with Crippen LogP contribution >= 0.6 is 0 Å². The second kappa shape index (κ2) is 8.20. The van der Waals surface area contributed by atoms with E-state index in [4.69, 9.17) is 4.74 Å². The number of carbonyl (C=O) groups is 1. The fourth-order valence-corrected chi connectivity index (χ4v) is 3.66. The first-order chi connectivity index (χ1) is 13.6. The van der Waals surface area contributed by atoms with Crippen LogP contribution < -0.4 is 0 Å². The van der Waals surface area contributed by atoms with Crippen molar-refractivity contribution in [1.29, 1.82) is 0 Å². The number of aryl methyl sites for hydroxylation is 1. The Labute approximate surface area is 164 Å². The zero-order valence-corrected chi connectivity index (χ0v) is 16.0. The van der Waals surface area contributed by atoms with Gasteiger partial charge in [-0.25, -0.2) is 9.40 Å². The van der Waals surface area contributed by atoms with Crippen LogP contribution in [0.4, 0.5) is 4.39 Å². The third-order valence-corrected chi connectivity index (χ3v) is 5.25. The highest BCUT2D eigenvalue weighted by atomic mass is 19.1. The van der Waals surface area contributed by atoms with Crippen molar-refractivity contribution in [3.05, 3.63) is 71.0 Å². The van der Waals surface area contributed by atoms with Crippen LogP contribution in [0.25, 0.3) is 0 Å². The Kier molecular flexibility index (Phi) is 5.50. The van der Waals surface area contributed by atoms with Crippen molar-refractivity contribution in [3.63, 3.8) is 0 Å². The Morgan fingerprint density at radius 3 is 2.64 bits per heavy atom. The molecular weight excluding hydrogens is 357 g/mol. The van der Waals surface area contributed by atoms with Gasteiger partial charge in [-0.1, -0.05) is 42.0 Å². The second-order valence-electron chi connectivity index (χ2n) is 7.31. The number of hydrogen-bond acceptors (Lipinski definition) is 4. The molecule has 5 nitrogen and oxygen atoms in total. The molecule has 2 heterocycles. The van der Waals surface area contributed by atoms with Gasteiger partial charge in [0, 0.05) is 19.5 Å². The number of benzene rings is 2. The Balaban J connectivity index is 1.60. The van der Waals surface area contributed by atoms with Gasteiger partial charge < -0.3 is 4.74 Å². The molecule has 0 aliphatic carbocycles. The fraction of sp³-hybridized carbons (Fsp3) is 0.364. The Hall–Kier alpha value is -2.57. The standard InChI is InChI=1S/C22H24FN3O2/c1-16-5-7-17(8-6-16)20-14-21(18-3-2-4-19(23)13-18)26(24-20)22(27)15-25-9-11-28-12-10-25/h2-8,13,21H,9-12,14-15H2,1H3/t21-/m0/s1. The van der Waals surface area contributed by atoms with Crippen molar-refractivity contribution in [1.82, 2.24) is 9.91 Å². The predicted octanol–water partition coefficient (Wildman–Crippen LogP) is 3.14. The first-order valence-corrected chi connectivity index (χ1v) is 9.62. The van der Waals surface area contributed by atoms with Gasteiger partial charge >= 0.3 is 0 Å². The molecule has 4 rings (SSSR count). The van der Waals surface area contributed by atoms with Gasteiger partial charge in [0.2, 0.25) is 0 Å². The Morgan fingerprint density at radius 2 is 1.93 bits per heavy atom. The zero-order chi connectivity index (χ0) is 19.5. The molecule has 1 fully saturated rings. The topological polar surface area (TPSA) is 45.1 Å². The van der Waals surface area contributed by atoms with Crippen molar-refractivity contribution in [2.24, 2.45) is 5.10 Å². The van der Waals surface area contributed by atoms with E-state index < -0.39 is 0 Å². The summed E-state index contributed by atoms with van der Waals surface area (Å²) in [7, 11) is 0. The highest BCUT2D eigenvalue weighted by molar-refractivity contribution is 6.03. The molecule has 0 N–H and O–H groups in total. The molecule has 0 spiro atoms. The summed E-state index contributed by atoms with van der Waals surface area (Å²) in [6.45, 7) is 5.07. The molecule has 2 aromatic carbocycles. The number of ether oxygens (including phenoxy) is 1. The third kappa shape index (κ3) is 4.13. The van der Waals surface area contributed by atoms with Gasteiger partial charge in [0.05, 0.1) is 31.5 Å². The average molecular weight is 381 g/mol. The van der Waals surface area contributed by atoms with Gasteiger partial charge in [-0.05, 0) is 30.2 Å². The molecule has 28 heavy (non-hydrogen) atoms. The molecule has 146 valence electrons. The Bertz CT molecular complexity index is 876. The van der Waals surface area contributed by atoms with Gasteiger partial charge in [0.25, 0.3) is 5.91 Å². The summed E-state index contributed by atoms with van der Waals surface area (Å²) >= 11 is 0. The molecule has 1 saturated heterocycles. The maximum absolute atomic E-state index is 13.8. The lowest BCUT2D eigenvalue weighted by atomic mass is 9.98. The van der Waals surface area contributed by atoms with E-state index in [1.165, 1.54) is 17.7 Å². The minimum absolute atomic E-state index is 0.0710. The van der Waals surface area contributed by atoms with Crippen LogP contribution in [0.3, 0.4) is 0 Å². The van der Waals surface area contributed by atoms with Crippen molar-refractivity contribution < 1.29 is 13.9 Å². The number of nitrogens with zero attached hydrogens (tertiary/aromatic N) is 3. The van der Waals surface area contributed by atoms with Crippen LogP contribution in [0.2, 0.25) is 0 Å². The third-order valence-electron chi connectivity index (χ3n) is 5.25. The first-order valence-electron chi connectivity index (χ1n) is 9.62. The van der Waals surface area contributed by atoms with Crippen LogP contribution in [-0.4, -0.2) is 54.4 Å². The smallest absolute Gasteiger partial charge is 0.257 e. The summed E-state index contributed by atoms with van der Waals surface area (Å²) in [5.41, 5.74) is 3.78. The summed E-state index contributed by atoms with van der Waals surface area (Å²) in [4.78, 5) is 15.1. The van der Waals surface area contributed by atoms with Crippen molar-refractivity contribution in [2.45, 2.75) is 19.4 Å². The number of morpholine rings is 1. The van der Waals surface area contributed by atoms with Gasteiger partial charge in [-0.15, -0.1) is 0 Å². The monoisotopic (exact) mass is 381 g/mol. The van der Waals surface area contributed by atoms with E-state index in [-0.39, 0.29) is 17.8 Å². The quantitative estimate of drug-likeness (QED) is 0.817. The molecule has 0 saturated carbocycles. The van der Waals surface area contributed by atoms with Crippen LogP contribution in [0.1, 0.15) is 29.2 Å². The average Bonchev–Trinajstić information content (AvgIpc) is 3.15. The van der Waals surface area contributed by atoms with Gasteiger partial charge in [-0.3, -0.25) is 9.69 Å². The molecule has 6 heteroatoms. The van der Waals surface area contributed by atoms with E-state index in [0.717, 1.165) is 29.9 Å². The molecular formula is C22H24FN3O2. The van der Waals surface area contributed by atoms with Crippen molar-refractivity contribution in [3.8, 4) is 0 Å². The molecule has 0 unspecified atom stereocenters. The minimum atomic E-state index is -0.304. The number of carbonyl (C=O) groups excluding carboxylic acids is 1. The summed E-state index contributed by atoms with van der Waals surface area (Å²) in [5.74, 6) is -0.375. The normalized spacial score (nSPS) is 20.3. The lowest BCUT2D eigenvalue weighted by Gasteiger charge is -2.29. The molecule has 1 amide bonds. The predicted molar refractivity (Wildman–Crippen MR) is 106 cm³/mol. The molecule has 0 bridgehead atoms. The van der Waals surface area contributed by atoms with E-state index in [1.807, 2.05) is 37.3 Å². The lowest BCUT2D eigenvalue weighted by Crippen LogP contribution is -2.43. The van der Waals surface area contributed by atoms with E-state index in [0.29, 0.717) is 26.2 Å². The molecule has 0 radical (unpaired) electrons. The molecule has 2 aliphatic rings. The van der Waals surface area contributed by atoms with E-state index in [9.17, 15) is 9.18 Å². The maximum atomic E-state index is 13.8.